The van der Waals surface area contributed by atoms with Gasteiger partial charge in [-0.05, 0) is 29.7 Å². The topological polar surface area (TPSA) is 52.6 Å². The molecule has 0 heterocycles. The van der Waals surface area contributed by atoms with Crippen molar-refractivity contribution in [3.8, 4) is 0 Å². The first-order chi connectivity index (χ1) is 13.2. The second kappa shape index (κ2) is 11.5. The minimum Gasteiger partial charge on any atom is -0.462 e. The van der Waals surface area contributed by atoms with E-state index in [9.17, 15) is 9.59 Å². The standard InChI is InChI=1S/C23H24O4/c1-2-21(27-23(25)16-14-20-11-7-4-8-12-20)17-18-26-22(24)15-13-19-9-5-3-6-10-19/h3-16,21H,2,17-18H2,1H3. The summed E-state index contributed by atoms with van der Waals surface area (Å²) in [6, 6.07) is 19.1. The van der Waals surface area contributed by atoms with Crippen LogP contribution in [0.4, 0.5) is 0 Å². The van der Waals surface area contributed by atoms with Crippen LogP contribution in [-0.2, 0) is 19.1 Å². The van der Waals surface area contributed by atoms with E-state index in [-0.39, 0.29) is 12.7 Å². The normalized spacial score (nSPS) is 12.2. The predicted molar refractivity (Wildman–Crippen MR) is 107 cm³/mol. The number of rotatable bonds is 9. The van der Waals surface area contributed by atoms with Crippen LogP contribution in [0.3, 0.4) is 0 Å². The highest BCUT2D eigenvalue weighted by Gasteiger charge is 2.11. The minimum atomic E-state index is -0.413. The average molecular weight is 364 g/mol. The van der Waals surface area contributed by atoms with Crippen LogP contribution < -0.4 is 0 Å². The van der Waals surface area contributed by atoms with Crippen molar-refractivity contribution < 1.29 is 19.1 Å². The van der Waals surface area contributed by atoms with Crippen LogP contribution in [0.1, 0.15) is 30.9 Å². The monoisotopic (exact) mass is 364 g/mol. The SMILES string of the molecule is CCC(CCOC(=O)C=Cc1ccccc1)OC(=O)C=Cc1ccccc1. The van der Waals surface area contributed by atoms with Gasteiger partial charge < -0.3 is 9.47 Å². The lowest BCUT2D eigenvalue weighted by Gasteiger charge is -2.14. The first-order valence-corrected chi connectivity index (χ1v) is 9.01. The highest BCUT2D eigenvalue weighted by Crippen LogP contribution is 2.07. The van der Waals surface area contributed by atoms with E-state index in [1.807, 2.05) is 67.6 Å². The zero-order valence-electron chi connectivity index (χ0n) is 15.4. The minimum absolute atomic E-state index is 0.201. The molecule has 1 atom stereocenters. The molecule has 4 heteroatoms. The smallest absolute Gasteiger partial charge is 0.331 e. The predicted octanol–water partition coefficient (Wildman–Crippen LogP) is 4.67. The first-order valence-electron chi connectivity index (χ1n) is 9.01. The van der Waals surface area contributed by atoms with Gasteiger partial charge >= 0.3 is 11.9 Å². The van der Waals surface area contributed by atoms with E-state index in [2.05, 4.69) is 0 Å². The number of hydrogen-bond acceptors (Lipinski definition) is 4. The third-order valence-electron chi connectivity index (χ3n) is 3.85. The molecule has 27 heavy (non-hydrogen) atoms. The molecule has 0 radical (unpaired) electrons. The maximum atomic E-state index is 11.9. The van der Waals surface area contributed by atoms with Gasteiger partial charge in [0.1, 0.15) is 6.10 Å². The number of carbonyl (C=O) groups excluding carboxylic acids is 2. The van der Waals surface area contributed by atoms with Gasteiger partial charge in [-0.2, -0.15) is 0 Å². The molecule has 0 aliphatic carbocycles. The Kier molecular flexibility index (Phi) is 8.57. The van der Waals surface area contributed by atoms with Gasteiger partial charge in [0.2, 0.25) is 0 Å². The summed E-state index contributed by atoms with van der Waals surface area (Å²) >= 11 is 0. The van der Waals surface area contributed by atoms with E-state index in [0.717, 1.165) is 11.1 Å². The number of carbonyl (C=O) groups is 2. The fraction of sp³-hybridized carbons (Fsp3) is 0.217. The summed E-state index contributed by atoms with van der Waals surface area (Å²) in [7, 11) is 0. The van der Waals surface area contributed by atoms with Crippen molar-refractivity contribution in [1.29, 1.82) is 0 Å². The lowest BCUT2D eigenvalue weighted by molar-refractivity contribution is -0.145. The Balaban J connectivity index is 1.71. The zero-order valence-corrected chi connectivity index (χ0v) is 15.4. The van der Waals surface area contributed by atoms with E-state index in [1.54, 1.807) is 12.2 Å². The van der Waals surface area contributed by atoms with Gasteiger partial charge in [0.15, 0.2) is 0 Å². The van der Waals surface area contributed by atoms with Crippen molar-refractivity contribution in [2.24, 2.45) is 0 Å². The Morgan fingerprint density at radius 3 is 1.89 bits per heavy atom. The van der Waals surface area contributed by atoms with Gasteiger partial charge in [0.25, 0.3) is 0 Å². The summed E-state index contributed by atoms with van der Waals surface area (Å²) in [4.78, 5) is 23.7. The Morgan fingerprint density at radius 2 is 1.37 bits per heavy atom. The van der Waals surface area contributed by atoms with Crippen LogP contribution in [0.15, 0.2) is 72.8 Å². The third-order valence-corrected chi connectivity index (χ3v) is 3.85. The second-order valence-corrected chi connectivity index (χ2v) is 5.91. The molecule has 0 saturated heterocycles. The molecule has 2 rings (SSSR count). The van der Waals surface area contributed by atoms with Gasteiger partial charge in [0.05, 0.1) is 6.61 Å². The van der Waals surface area contributed by atoms with Crippen LogP contribution in [0.25, 0.3) is 12.2 Å². The molecule has 1 unspecified atom stereocenters. The molecule has 0 bridgehead atoms. The second-order valence-electron chi connectivity index (χ2n) is 5.91. The molecule has 4 nitrogen and oxygen atoms in total. The lowest BCUT2D eigenvalue weighted by Crippen LogP contribution is -2.19. The molecule has 2 aromatic carbocycles. The third kappa shape index (κ3) is 8.19. The molecule has 0 aromatic heterocycles. The van der Waals surface area contributed by atoms with Crippen LogP contribution in [0.5, 0.6) is 0 Å². The molecule has 0 amide bonds. The molecule has 0 spiro atoms. The van der Waals surface area contributed by atoms with E-state index in [0.29, 0.717) is 12.8 Å². The molecule has 0 aliphatic rings. The lowest BCUT2D eigenvalue weighted by atomic mass is 10.2. The Labute approximate surface area is 160 Å². The molecule has 0 aliphatic heterocycles. The van der Waals surface area contributed by atoms with E-state index in [1.165, 1.54) is 12.2 Å². The average Bonchev–Trinajstić information content (AvgIpc) is 2.71. The molecular weight excluding hydrogens is 340 g/mol. The van der Waals surface area contributed by atoms with Gasteiger partial charge in [-0.1, -0.05) is 67.6 Å². The largest absolute Gasteiger partial charge is 0.462 e. The Morgan fingerprint density at radius 1 is 0.852 bits per heavy atom. The summed E-state index contributed by atoms with van der Waals surface area (Å²) in [5.41, 5.74) is 1.86. The van der Waals surface area contributed by atoms with E-state index < -0.39 is 11.9 Å². The number of hydrogen-bond donors (Lipinski definition) is 0. The highest BCUT2D eigenvalue weighted by molar-refractivity contribution is 5.87. The van der Waals surface area contributed by atoms with Crippen molar-refractivity contribution in [1.82, 2.24) is 0 Å². The van der Waals surface area contributed by atoms with Crippen LogP contribution in [0.2, 0.25) is 0 Å². The van der Waals surface area contributed by atoms with Crippen molar-refractivity contribution in [3.05, 3.63) is 83.9 Å². The van der Waals surface area contributed by atoms with Gasteiger partial charge in [-0.3, -0.25) is 0 Å². The van der Waals surface area contributed by atoms with Crippen LogP contribution in [0, 0.1) is 0 Å². The summed E-state index contributed by atoms with van der Waals surface area (Å²) in [5.74, 6) is -0.815. The molecular formula is C23H24O4. The summed E-state index contributed by atoms with van der Waals surface area (Å²) in [6.07, 6.45) is 7.05. The molecule has 0 saturated carbocycles. The fourth-order valence-corrected chi connectivity index (χ4v) is 2.35. The van der Waals surface area contributed by atoms with Crippen LogP contribution in [-0.4, -0.2) is 24.6 Å². The maximum Gasteiger partial charge on any atom is 0.331 e. The summed E-state index contributed by atoms with van der Waals surface area (Å²) in [6.45, 7) is 2.13. The van der Waals surface area contributed by atoms with Crippen molar-refractivity contribution in [2.45, 2.75) is 25.9 Å². The van der Waals surface area contributed by atoms with Gasteiger partial charge in [-0.15, -0.1) is 0 Å². The zero-order chi connectivity index (χ0) is 19.3. The van der Waals surface area contributed by atoms with Crippen LogP contribution >= 0.6 is 0 Å². The fourth-order valence-electron chi connectivity index (χ4n) is 2.35. The Bertz CT molecular complexity index is 763. The first kappa shape index (κ1) is 20.2. The molecule has 140 valence electrons. The summed E-state index contributed by atoms with van der Waals surface area (Å²) in [5, 5.41) is 0. The molecule has 2 aromatic rings. The van der Waals surface area contributed by atoms with Gasteiger partial charge in [0, 0.05) is 18.6 Å². The quantitative estimate of drug-likeness (QED) is 0.479. The molecule has 0 N–H and O–H groups in total. The summed E-state index contributed by atoms with van der Waals surface area (Å²) < 4.78 is 10.6. The van der Waals surface area contributed by atoms with Crippen molar-refractivity contribution in [3.63, 3.8) is 0 Å². The molecule has 0 fully saturated rings. The van der Waals surface area contributed by atoms with Crippen molar-refractivity contribution in [2.75, 3.05) is 6.61 Å². The van der Waals surface area contributed by atoms with E-state index >= 15 is 0 Å². The number of benzene rings is 2. The number of ether oxygens (including phenoxy) is 2. The maximum absolute atomic E-state index is 11.9. The van der Waals surface area contributed by atoms with Crippen molar-refractivity contribution >= 4 is 24.1 Å². The van der Waals surface area contributed by atoms with Gasteiger partial charge in [-0.25, -0.2) is 9.59 Å². The van der Waals surface area contributed by atoms with E-state index in [4.69, 9.17) is 9.47 Å². The highest BCUT2D eigenvalue weighted by atomic mass is 16.6. The Hall–Kier alpha value is -3.14. The number of esters is 2.